The lowest BCUT2D eigenvalue weighted by Gasteiger charge is -2.12. The second kappa shape index (κ2) is 5.72. The molecule has 1 aromatic carbocycles. The highest BCUT2D eigenvalue weighted by Gasteiger charge is 2.10. The molecule has 1 rings (SSSR count). The van der Waals surface area contributed by atoms with Crippen molar-refractivity contribution < 1.29 is 19.4 Å². The van der Waals surface area contributed by atoms with Crippen LogP contribution in [0.25, 0.3) is 0 Å². The van der Waals surface area contributed by atoms with Crippen LogP contribution in [0.2, 0.25) is 0 Å². The van der Waals surface area contributed by atoms with Gasteiger partial charge in [-0.2, -0.15) is 0 Å². The average molecular weight is 275 g/mol. The molecule has 82 valence electrons. The number of carbonyl (C=O) groups is 1. The molecular weight excluding hydrogens is 264 g/mol. The van der Waals surface area contributed by atoms with Crippen molar-refractivity contribution in [2.75, 3.05) is 20.3 Å². The van der Waals surface area contributed by atoms with Crippen LogP contribution in [0.5, 0.6) is 11.5 Å². The third kappa shape index (κ3) is 2.94. The third-order valence-electron chi connectivity index (χ3n) is 1.73. The molecule has 0 aliphatic heterocycles. The van der Waals surface area contributed by atoms with E-state index in [4.69, 9.17) is 14.6 Å². The molecule has 15 heavy (non-hydrogen) atoms. The maximum absolute atomic E-state index is 10.6. The summed E-state index contributed by atoms with van der Waals surface area (Å²) in [6.45, 7) is 0.0976. The van der Waals surface area contributed by atoms with Crippen LogP contribution >= 0.6 is 15.9 Å². The SMILES string of the molecule is COc1cc(C=O)cc(Br)c1OCCO. The summed E-state index contributed by atoms with van der Waals surface area (Å²) in [7, 11) is 1.49. The molecule has 4 nitrogen and oxygen atoms in total. The Morgan fingerprint density at radius 3 is 2.80 bits per heavy atom. The molecule has 0 atom stereocenters. The summed E-state index contributed by atoms with van der Waals surface area (Å²) in [5.41, 5.74) is 0.495. The van der Waals surface area contributed by atoms with Crippen molar-refractivity contribution in [3.05, 3.63) is 22.2 Å². The number of aliphatic hydroxyl groups excluding tert-OH is 1. The summed E-state index contributed by atoms with van der Waals surface area (Å²) < 4.78 is 11.0. The Hall–Kier alpha value is -1.07. The molecule has 0 amide bonds. The van der Waals surface area contributed by atoms with E-state index in [1.54, 1.807) is 12.1 Å². The smallest absolute Gasteiger partial charge is 0.175 e. The van der Waals surface area contributed by atoms with Crippen LogP contribution in [0.15, 0.2) is 16.6 Å². The monoisotopic (exact) mass is 274 g/mol. The van der Waals surface area contributed by atoms with Gasteiger partial charge in [0.2, 0.25) is 0 Å². The third-order valence-corrected chi connectivity index (χ3v) is 2.31. The van der Waals surface area contributed by atoms with Gasteiger partial charge in [0, 0.05) is 5.56 Å². The van der Waals surface area contributed by atoms with Crippen LogP contribution in [0.1, 0.15) is 10.4 Å². The molecule has 0 saturated heterocycles. The number of rotatable bonds is 5. The van der Waals surface area contributed by atoms with E-state index in [9.17, 15) is 4.79 Å². The van der Waals surface area contributed by atoms with E-state index in [1.165, 1.54) is 7.11 Å². The zero-order chi connectivity index (χ0) is 11.3. The van der Waals surface area contributed by atoms with Crippen molar-refractivity contribution in [1.82, 2.24) is 0 Å². The minimum Gasteiger partial charge on any atom is -0.493 e. The van der Waals surface area contributed by atoms with E-state index in [-0.39, 0.29) is 13.2 Å². The van der Waals surface area contributed by atoms with Crippen molar-refractivity contribution in [2.24, 2.45) is 0 Å². The Bertz CT molecular complexity index is 352. The normalized spacial score (nSPS) is 9.80. The van der Waals surface area contributed by atoms with Gasteiger partial charge in [0.15, 0.2) is 11.5 Å². The summed E-state index contributed by atoms with van der Waals surface area (Å²) >= 11 is 3.26. The van der Waals surface area contributed by atoms with E-state index in [0.717, 1.165) is 6.29 Å². The number of carbonyl (C=O) groups excluding carboxylic acids is 1. The van der Waals surface area contributed by atoms with Crippen molar-refractivity contribution in [1.29, 1.82) is 0 Å². The quantitative estimate of drug-likeness (QED) is 0.830. The first-order valence-electron chi connectivity index (χ1n) is 4.29. The van der Waals surface area contributed by atoms with Gasteiger partial charge in [-0.05, 0) is 28.1 Å². The van der Waals surface area contributed by atoms with E-state index in [0.29, 0.717) is 21.5 Å². The molecule has 0 saturated carbocycles. The lowest BCUT2D eigenvalue weighted by molar-refractivity contribution is 0.112. The highest BCUT2D eigenvalue weighted by atomic mass is 79.9. The molecule has 0 aromatic heterocycles. The summed E-state index contributed by atoms with van der Waals surface area (Å²) in [6.07, 6.45) is 0.725. The predicted octanol–water partition coefficient (Wildman–Crippen LogP) is 1.64. The summed E-state index contributed by atoms with van der Waals surface area (Å²) in [5.74, 6) is 0.942. The lowest BCUT2D eigenvalue weighted by atomic mass is 10.2. The molecule has 0 bridgehead atoms. The van der Waals surface area contributed by atoms with Crippen molar-refractivity contribution in [3.8, 4) is 11.5 Å². The number of aldehydes is 1. The topological polar surface area (TPSA) is 55.8 Å². The number of aliphatic hydroxyl groups is 1. The largest absolute Gasteiger partial charge is 0.493 e. The Morgan fingerprint density at radius 2 is 2.27 bits per heavy atom. The fourth-order valence-corrected chi connectivity index (χ4v) is 1.67. The van der Waals surface area contributed by atoms with Crippen LogP contribution < -0.4 is 9.47 Å². The van der Waals surface area contributed by atoms with E-state index < -0.39 is 0 Å². The van der Waals surface area contributed by atoms with Crippen molar-refractivity contribution in [2.45, 2.75) is 0 Å². The first-order chi connectivity index (χ1) is 7.22. The standard InChI is InChI=1S/C10H11BrO4/c1-14-9-5-7(6-13)4-8(11)10(9)15-3-2-12/h4-6,12H,2-3H2,1H3. The zero-order valence-electron chi connectivity index (χ0n) is 8.20. The second-order valence-electron chi connectivity index (χ2n) is 2.72. The highest BCUT2D eigenvalue weighted by molar-refractivity contribution is 9.10. The minimum atomic E-state index is -0.0783. The molecular formula is C10H11BrO4. The number of halogens is 1. The summed E-state index contributed by atoms with van der Waals surface area (Å²) in [4.78, 5) is 10.6. The molecule has 0 radical (unpaired) electrons. The molecule has 0 aliphatic carbocycles. The van der Waals surface area contributed by atoms with E-state index >= 15 is 0 Å². The van der Waals surface area contributed by atoms with Crippen LogP contribution in [-0.4, -0.2) is 31.7 Å². The highest BCUT2D eigenvalue weighted by Crippen LogP contribution is 2.36. The van der Waals surface area contributed by atoms with Gasteiger partial charge in [0.25, 0.3) is 0 Å². The molecule has 0 spiro atoms. The van der Waals surface area contributed by atoms with Crippen molar-refractivity contribution in [3.63, 3.8) is 0 Å². The number of hydrogen-bond acceptors (Lipinski definition) is 4. The molecule has 5 heteroatoms. The number of benzene rings is 1. The minimum absolute atomic E-state index is 0.0783. The fraction of sp³-hybridized carbons (Fsp3) is 0.300. The van der Waals surface area contributed by atoms with Gasteiger partial charge >= 0.3 is 0 Å². The van der Waals surface area contributed by atoms with Gasteiger partial charge in [-0.3, -0.25) is 4.79 Å². The second-order valence-corrected chi connectivity index (χ2v) is 3.58. The molecule has 0 fully saturated rings. The summed E-state index contributed by atoms with van der Waals surface area (Å²) in [5, 5.41) is 8.65. The fourth-order valence-electron chi connectivity index (χ4n) is 1.10. The Kier molecular flexibility index (Phi) is 4.58. The number of hydrogen-bond donors (Lipinski definition) is 1. The molecule has 0 unspecified atom stereocenters. The summed E-state index contributed by atoms with van der Waals surface area (Å²) in [6, 6.07) is 3.20. The maximum Gasteiger partial charge on any atom is 0.175 e. The Balaban J connectivity index is 3.06. The van der Waals surface area contributed by atoms with Crippen LogP contribution in [-0.2, 0) is 0 Å². The molecule has 0 heterocycles. The zero-order valence-corrected chi connectivity index (χ0v) is 9.78. The van der Waals surface area contributed by atoms with Gasteiger partial charge in [-0.15, -0.1) is 0 Å². The lowest BCUT2D eigenvalue weighted by Crippen LogP contribution is -2.04. The number of ether oxygens (including phenoxy) is 2. The molecule has 0 aliphatic rings. The van der Waals surface area contributed by atoms with Crippen LogP contribution in [0.3, 0.4) is 0 Å². The van der Waals surface area contributed by atoms with Crippen LogP contribution in [0, 0.1) is 0 Å². The maximum atomic E-state index is 10.6. The van der Waals surface area contributed by atoms with E-state index in [1.807, 2.05) is 0 Å². The van der Waals surface area contributed by atoms with Gasteiger partial charge in [0.05, 0.1) is 18.2 Å². The Labute approximate surface area is 95.9 Å². The first-order valence-corrected chi connectivity index (χ1v) is 5.08. The molecule has 1 aromatic rings. The first kappa shape index (κ1) is 12.0. The molecule has 1 N–H and O–H groups in total. The average Bonchev–Trinajstić information content (AvgIpc) is 2.26. The van der Waals surface area contributed by atoms with Gasteiger partial charge in [-0.1, -0.05) is 0 Å². The van der Waals surface area contributed by atoms with Gasteiger partial charge in [0.1, 0.15) is 12.9 Å². The predicted molar refractivity (Wildman–Crippen MR) is 58.7 cm³/mol. The number of methoxy groups -OCH3 is 1. The van der Waals surface area contributed by atoms with Gasteiger partial charge in [-0.25, -0.2) is 0 Å². The van der Waals surface area contributed by atoms with Crippen molar-refractivity contribution >= 4 is 22.2 Å². The van der Waals surface area contributed by atoms with Gasteiger partial charge < -0.3 is 14.6 Å². The van der Waals surface area contributed by atoms with E-state index in [2.05, 4.69) is 15.9 Å². The Morgan fingerprint density at radius 1 is 1.53 bits per heavy atom. The van der Waals surface area contributed by atoms with Crippen LogP contribution in [0.4, 0.5) is 0 Å².